The van der Waals surface area contributed by atoms with Gasteiger partial charge < -0.3 is 5.32 Å². The molecule has 0 unspecified atom stereocenters. The standard InChI is InChI=1S/C20H15FN4O/c21-17-5-2-1-4-15(17)12-19(26)23-16-8-6-14(7-9-16)18-13-25-11-3-10-22-20(25)24-18/h1-11,13H,12H2,(H,23,26). The average molecular weight is 346 g/mol. The Hall–Kier alpha value is -3.54. The molecule has 4 rings (SSSR count). The summed E-state index contributed by atoms with van der Waals surface area (Å²) in [5, 5.41) is 2.78. The van der Waals surface area contributed by atoms with E-state index in [9.17, 15) is 9.18 Å². The molecule has 0 atom stereocenters. The van der Waals surface area contributed by atoms with Crippen LogP contribution in [-0.4, -0.2) is 20.3 Å². The Kier molecular flexibility index (Phi) is 4.15. The lowest BCUT2D eigenvalue weighted by atomic mass is 10.1. The Bertz CT molecular complexity index is 1040. The molecule has 0 spiro atoms. The normalized spacial score (nSPS) is 10.8. The lowest BCUT2D eigenvalue weighted by Crippen LogP contribution is -2.15. The molecular weight excluding hydrogens is 331 g/mol. The number of nitrogens with zero attached hydrogens (tertiary/aromatic N) is 3. The van der Waals surface area contributed by atoms with E-state index in [1.165, 1.54) is 6.07 Å². The van der Waals surface area contributed by atoms with Gasteiger partial charge >= 0.3 is 0 Å². The van der Waals surface area contributed by atoms with Gasteiger partial charge in [-0.1, -0.05) is 30.3 Å². The number of anilines is 1. The Balaban J connectivity index is 1.47. The number of fused-ring (bicyclic) bond motifs is 1. The van der Waals surface area contributed by atoms with Crippen LogP contribution in [0.1, 0.15) is 5.56 Å². The first-order valence-corrected chi connectivity index (χ1v) is 8.12. The van der Waals surface area contributed by atoms with E-state index in [0.29, 0.717) is 17.0 Å². The molecule has 0 radical (unpaired) electrons. The Labute approximate surface area is 149 Å². The van der Waals surface area contributed by atoms with Crippen LogP contribution in [0, 0.1) is 5.82 Å². The second-order valence-corrected chi connectivity index (χ2v) is 5.85. The van der Waals surface area contributed by atoms with Gasteiger partial charge in [0.05, 0.1) is 12.1 Å². The van der Waals surface area contributed by atoms with Gasteiger partial charge in [-0.15, -0.1) is 0 Å². The van der Waals surface area contributed by atoms with Crippen molar-refractivity contribution in [1.29, 1.82) is 0 Å². The maximum absolute atomic E-state index is 13.6. The van der Waals surface area contributed by atoms with Crippen LogP contribution in [0.2, 0.25) is 0 Å². The molecule has 0 aliphatic carbocycles. The minimum atomic E-state index is -0.376. The van der Waals surface area contributed by atoms with Crippen LogP contribution < -0.4 is 5.32 Å². The summed E-state index contributed by atoms with van der Waals surface area (Å²) < 4.78 is 15.5. The average Bonchev–Trinajstić information content (AvgIpc) is 3.08. The zero-order chi connectivity index (χ0) is 17.9. The van der Waals surface area contributed by atoms with E-state index in [0.717, 1.165) is 11.3 Å². The molecule has 6 heteroatoms. The highest BCUT2D eigenvalue weighted by molar-refractivity contribution is 5.92. The van der Waals surface area contributed by atoms with Gasteiger partial charge in [0, 0.05) is 29.8 Å². The summed E-state index contributed by atoms with van der Waals surface area (Å²) in [5.41, 5.74) is 2.74. The maximum Gasteiger partial charge on any atom is 0.234 e. The Morgan fingerprint density at radius 1 is 1.08 bits per heavy atom. The number of carbonyl (C=O) groups excluding carboxylic acids is 1. The summed E-state index contributed by atoms with van der Waals surface area (Å²) in [7, 11) is 0. The van der Waals surface area contributed by atoms with Crippen LogP contribution in [0.3, 0.4) is 0 Å². The number of hydrogen-bond donors (Lipinski definition) is 1. The summed E-state index contributed by atoms with van der Waals surface area (Å²) in [4.78, 5) is 20.8. The predicted octanol–water partition coefficient (Wildman–Crippen LogP) is 3.72. The van der Waals surface area contributed by atoms with Gasteiger partial charge in [0.15, 0.2) is 0 Å². The molecule has 2 heterocycles. The van der Waals surface area contributed by atoms with Gasteiger partial charge in [0.1, 0.15) is 5.82 Å². The number of rotatable bonds is 4. The van der Waals surface area contributed by atoms with Crippen LogP contribution in [0.25, 0.3) is 17.0 Å². The fraction of sp³-hybridized carbons (Fsp3) is 0.0500. The highest BCUT2D eigenvalue weighted by Crippen LogP contribution is 2.21. The Morgan fingerprint density at radius 2 is 1.88 bits per heavy atom. The first-order valence-electron chi connectivity index (χ1n) is 8.12. The van der Waals surface area contributed by atoms with Crippen molar-refractivity contribution in [2.75, 3.05) is 5.32 Å². The molecule has 128 valence electrons. The maximum atomic E-state index is 13.6. The van der Waals surface area contributed by atoms with Crippen LogP contribution in [0.5, 0.6) is 0 Å². The van der Waals surface area contributed by atoms with Crippen molar-refractivity contribution in [1.82, 2.24) is 14.4 Å². The van der Waals surface area contributed by atoms with Crippen molar-refractivity contribution in [3.05, 3.63) is 84.6 Å². The third kappa shape index (κ3) is 3.30. The predicted molar refractivity (Wildman–Crippen MR) is 97.2 cm³/mol. The molecule has 0 saturated heterocycles. The van der Waals surface area contributed by atoms with Crippen molar-refractivity contribution >= 4 is 17.4 Å². The molecule has 5 nitrogen and oxygen atoms in total. The summed E-state index contributed by atoms with van der Waals surface area (Å²) in [6.07, 6.45) is 5.47. The molecule has 1 N–H and O–H groups in total. The second-order valence-electron chi connectivity index (χ2n) is 5.85. The summed E-state index contributed by atoms with van der Waals surface area (Å²) >= 11 is 0. The van der Waals surface area contributed by atoms with Gasteiger partial charge in [-0.05, 0) is 29.8 Å². The number of amides is 1. The number of hydrogen-bond acceptors (Lipinski definition) is 3. The van der Waals surface area contributed by atoms with E-state index < -0.39 is 0 Å². The molecule has 4 aromatic rings. The minimum Gasteiger partial charge on any atom is -0.326 e. The zero-order valence-electron chi connectivity index (χ0n) is 13.8. The van der Waals surface area contributed by atoms with Crippen molar-refractivity contribution in [3.63, 3.8) is 0 Å². The third-order valence-electron chi connectivity index (χ3n) is 4.01. The van der Waals surface area contributed by atoms with Crippen molar-refractivity contribution in [3.8, 4) is 11.3 Å². The molecule has 26 heavy (non-hydrogen) atoms. The number of benzene rings is 2. The second kappa shape index (κ2) is 6.76. The van der Waals surface area contributed by atoms with Crippen LogP contribution in [0.4, 0.5) is 10.1 Å². The lowest BCUT2D eigenvalue weighted by Gasteiger charge is -2.06. The number of carbonyl (C=O) groups is 1. The molecule has 2 aromatic heterocycles. The first kappa shape index (κ1) is 16.0. The SMILES string of the molecule is O=C(Cc1ccccc1F)Nc1ccc(-c2cn3cccnc3n2)cc1. The summed E-state index contributed by atoms with van der Waals surface area (Å²) in [5.74, 6) is -0.0111. The lowest BCUT2D eigenvalue weighted by molar-refractivity contribution is -0.115. The molecule has 0 fully saturated rings. The van der Waals surface area contributed by atoms with Crippen molar-refractivity contribution in [2.24, 2.45) is 0 Å². The van der Waals surface area contributed by atoms with Gasteiger partial charge in [-0.25, -0.2) is 14.4 Å². The molecule has 0 bridgehead atoms. The van der Waals surface area contributed by atoms with Gasteiger partial charge in [0.25, 0.3) is 0 Å². The number of nitrogens with one attached hydrogen (secondary N) is 1. The van der Waals surface area contributed by atoms with E-state index in [-0.39, 0.29) is 18.1 Å². The fourth-order valence-electron chi connectivity index (χ4n) is 2.71. The highest BCUT2D eigenvalue weighted by atomic mass is 19.1. The molecular formula is C20H15FN4O. The van der Waals surface area contributed by atoms with E-state index >= 15 is 0 Å². The summed E-state index contributed by atoms with van der Waals surface area (Å²) in [6, 6.07) is 15.5. The highest BCUT2D eigenvalue weighted by Gasteiger charge is 2.09. The number of aromatic nitrogens is 3. The van der Waals surface area contributed by atoms with Crippen molar-refractivity contribution < 1.29 is 9.18 Å². The van der Waals surface area contributed by atoms with E-state index in [1.807, 2.05) is 35.0 Å². The molecule has 0 saturated carbocycles. The minimum absolute atomic E-state index is 0.00741. The smallest absolute Gasteiger partial charge is 0.234 e. The van der Waals surface area contributed by atoms with Gasteiger partial charge in [-0.2, -0.15) is 0 Å². The van der Waals surface area contributed by atoms with Crippen LogP contribution in [-0.2, 0) is 11.2 Å². The molecule has 0 aliphatic rings. The van der Waals surface area contributed by atoms with E-state index in [2.05, 4.69) is 15.3 Å². The number of halogens is 1. The molecule has 1 amide bonds. The quantitative estimate of drug-likeness (QED) is 0.613. The monoisotopic (exact) mass is 346 g/mol. The van der Waals surface area contributed by atoms with Crippen molar-refractivity contribution in [2.45, 2.75) is 6.42 Å². The summed E-state index contributed by atoms with van der Waals surface area (Å²) in [6.45, 7) is 0. The largest absolute Gasteiger partial charge is 0.326 e. The van der Waals surface area contributed by atoms with E-state index in [4.69, 9.17) is 0 Å². The molecule has 2 aromatic carbocycles. The van der Waals surface area contributed by atoms with Crippen LogP contribution in [0.15, 0.2) is 73.2 Å². The topological polar surface area (TPSA) is 59.3 Å². The van der Waals surface area contributed by atoms with Crippen LogP contribution >= 0.6 is 0 Å². The number of imidazole rings is 1. The third-order valence-corrected chi connectivity index (χ3v) is 4.01. The molecule has 0 aliphatic heterocycles. The van der Waals surface area contributed by atoms with Gasteiger partial charge in [0.2, 0.25) is 11.7 Å². The Morgan fingerprint density at radius 3 is 2.65 bits per heavy atom. The zero-order valence-corrected chi connectivity index (χ0v) is 13.8. The van der Waals surface area contributed by atoms with Gasteiger partial charge in [-0.3, -0.25) is 9.20 Å². The first-order chi connectivity index (χ1) is 12.7. The van der Waals surface area contributed by atoms with E-state index in [1.54, 1.807) is 36.5 Å². The fourth-order valence-corrected chi connectivity index (χ4v) is 2.71.